The van der Waals surface area contributed by atoms with E-state index in [1.165, 1.54) is 25.7 Å². The first kappa shape index (κ1) is 6.72. The van der Waals surface area contributed by atoms with Crippen LogP contribution in [0.25, 0.3) is 0 Å². The normalized spacial score (nSPS) is 22.1. The first-order valence-corrected chi connectivity index (χ1v) is 4.44. The van der Waals surface area contributed by atoms with E-state index >= 15 is 0 Å². The molecule has 0 saturated heterocycles. The van der Waals surface area contributed by atoms with Crippen LogP contribution in [0.2, 0.25) is 0 Å². The monoisotopic (exact) mass is 152 g/mol. The maximum Gasteiger partial charge on any atom is 0.103 e. The van der Waals surface area contributed by atoms with Gasteiger partial charge in [0.05, 0.1) is 6.10 Å². The summed E-state index contributed by atoms with van der Waals surface area (Å²) in [7, 11) is 5.28. The molecule has 0 aromatic carbocycles. The largest absolute Gasteiger partial charge is 0.298 e. The quantitative estimate of drug-likeness (QED) is 0.563. The summed E-state index contributed by atoms with van der Waals surface area (Å²) in [5.41, 5.74) is 0. The molecule has 1 aliphatic rings. The average Bonchev–Trinajstić information content (AvgIpc) is 2.19. The van der Waals surface area contributed by atoms with Crippen LogP contribution in [0.15, 0.2) is 0 Å². The van der Waals surface area contributed by atoms with E-state index in [4.69, 9.17) is 14.9 Å². The van der Waals surface area contributed by atoms with Crippen LogP contribution in [0.4, 0.5) is 0 Å². The van der Waals surface area contributed by atoms with Crippen LogP contribution in [-0.2, 0) is 4.18 Å². The van der Waals surface area contributed by atoms with E-state index in [2.05, 4.69) is 0 Å². The second-order valence-electron chi connectivity index (χ2n) is 2.07. The fourth-order valence-electron chi connectivity index (χ4n) is 1.04. The zero-order valence-electron chi connectivity index (χ0n) is 4.60. The molecule has 0 atom stereocenters. The lowest BCUT2D eigenvalue weighted by Crippen LogP contribution is -1.99. The van der Waals surface area contributed by atoms with Crippen LogP contribution >= 0.6 is 21.9 Å². The van der Waals surface area contributed by atoms with Crippen molar-refractivity contribution in [3.63, 3.8) is 0 Å². The molecule has 1 nitrogen and oxygen atoms in total. The Kier molecular flexibility index (Phi) is 3.02. The summed E-state index contributed by atoms with van der Waals surface area (Å²) in [4.78, 5) is 0. The standard InChI is InChI=1S/C5H9ClOS/c6-8-7-5-3-1-2-4-5/h5H,1-4H2. The van der Waals surface area contributed by atoms with Gasteiger partial charge in [-0.25, -0.2) is 0 Å². The van der Waals surface area contributed by atoms with Crippen LogP contribution in [0.3, 0.4) is 0 Å². The molecule has 3 heteroatoms. The molecule has 48 valence electrons. The third-order valence-electron chi connectivity index (χ3n) is 1.47. The van der Waals surface area contributed by atoms with Crippen molar-refractivity contribution in [3.05, 3.63) is 0 Å². The Morgan fingerprint density at radius 1 is 1.38 bits per heavy atom. The molecule has 0 aromatic rings. The van der Waals surface area contributed by atoms with E-state index < -0.39 is 0 Å². The maximum absolute atomic E-state index is 5.28. The molecular weight excluding hydrogens is 144 g/mol. The molecule has 0 unspecified atom stereocenters. The Morgan fingerprint density at radius 3 is 2.50 bits per heavy atom. The minimum Gasteiger partial charge on any atom is -0.298 e. The molecule has 1 aliphatic carbocycles. The van der Waals surface area contributed by atoms with Gasteiger partial charge in [0.25, 0.3) is 0 Å². The average molecular weight is 153 g/mol. The van der Waals surface area contributed by atoms with E-state index in [0.717, 1.165) is 11.3 Å². The molecule has 0 amide bonds. The molecule has 0 heterocycles. The second kappa shape index (κ2) is 3.59. The van der Waals surface area contributed by atoms with Crippen molar-refractivity contribution >= 4 is 21.9 Å². The maximum atomic E-state index is 5.28. The van der Waals surface area contributed by atoms with Gasteiger partial charge >= 0.3 is 0 Å². The first-order chi connectivity index (χ1) is 3.93. The van der Waals surface area contributed by atoms with Crippen molar-refractivity contribution in [2.75, 3.05) is 0 Å². The molecule has 8 heavy (non-hydrogen) atoms. The second-order valence-corrected chi connectivity index (χ2v) is 2.76. The van der Waals surface area contributed by atoms with Gasteiger partial charge < -0.3 is 0 Å². The molecule has 0 aliphatic heterocycles. The van der Waals surface area contributed by atoms with Crippen molar-refractivity contribution < 1.29 is 4.18 Å². The lowest BCUT2D eigenvalue weighted by atomic mass is 10.3. The SMILES string of the molecule is ClSOC1CCCC1. The minimum absolute atomic E-state index is 0.442. The third kappa shape index (κ3) is 1.84. The van der Waals surface area contributed by atoms with Gasteiger partial charge in [-0.15, -0.1) is 0 Å². The Bertz CT molecular complexity index is 63.4. The smallest absolute Gasteiger partial charge is 0.103 e. The van der Waals surface area contributed by atoms with Gasteiger partial charge in [0.1, 0.15) is 11.3 Å². The third-order valence-corrected chi connectivity index (χ3v) is 2.04. The van der Waals surface area contributed by atoms with Gasteiger partial charge in [-0.1, -0.05) is 12.8 Å². The van der Waals surface area contributed by atoms with Gasteiger partial charge in [-0.3, -0.25) is 4.18 Å². The summed E-state index contributed by atoms with van der Waals surface area (Å²) >= 11 is 0.971. The Hall–Kier alpha value is 0.600. The van der Waals surface area contributed by atoms with Crippen LogP contribution < -0.4 is 0 Å². The summed E-state index contributed by atoms with van der Waals surface area (Å²) in [5, 5.41) is 0. The lowest BCUT2D eigenvalue weighted by Gasteiger charge is -2.02. The van der Waals surface area contributed by atoms with Gasteiger partial charge in [0.15, 0.2) is 0 Å². The van der Waals surface area contributed by atoms with Crippen molar-refractivity contribution in [3.8, 4) is 0 Å². The van der Waals surface area contributed by atoms with Crippen LogP contribution in [0.5, 0.6) is 0 Å². The molecule has 0 spiro atoms. The molecule has 1 rings (SSSR count). The molecule has 0 bridgehead atoms. The number of halogens is 1. The van der Waals surface area contributed by atoms with Gasteiger partial charge in [-0.05, 0) is 23.5 Å². The van der Waals surface area contributed by atoms with E-state index in [1.807, 2.05) is 0 Å². The van der Waals surface area contributed by atoms with E-state index in [-0.39, 0.29) is 0 Å². The summed E-state index contributed by atoms with van der Waals surface area (Å²) in [6.07, 6.45) is 5.45. The van der Waals surface area contributed by atoms with Gasteiger partial charge in [0, 0.05) is 0 Å². The van der Waals surface area contributed by atoms with E-state index in [9.17, 15) is 0 Å². The highest BCUT2D eigenvalue weighted by Crippen LogP contribution is 2.25. The summed E-state index contributed by atoms with van der Waals surface area (Å²) in [5.74, 6) is 0. The summed E-state index contributed by atoms with van der Waals surface area (Å²) in [6.45, 7) is 0. The van der Waals surface area contributed by atoms with Crippen LogP contribution in [0.1, 0.15) is 25.7 Å². The highest BCUT2D eigenvalue weighted by atomic mass is 35.7. The van der Waals surface area contributed by atoms with Gasteiger partial charge in [-0.2, -0.15) is 0 Å². The highest BCUT2D eigenvalue weighted by Gasteiger charge is 2.14. The topological polar surface area (TPSA) is 9.23 Å². The molecule has 0 aromatic heterocycles. The Morgan fingerprint density at radius 2 is 2.00 bits per heavy atom. The van der Waals surface area contributed by atoms with Gasteiger partial charge in [0.2, 0.25) is 0 Å². The molecule has 0 radical (unpaired) electrons. The lowest BCUT2D eigenvalue weighted by molar-refractivity contribution is 0.255. The fraction of sp³-hybridized carbons (Fsp3) is 1.00. The molecule has 1 fully saturated rings. The number of hydrogen-bond acceptors (Lipinski definition) is 2. The van der Waals surface area contributed by atoms with Crippen LogP contribution in [0, 0.1) is 0 Å². The predicted molar refractivity (Wildman–Crippen MR) is 36.8 cm³/mol. The van der Waals surface area contributed by atoms with Crippen molar-refractivity contribution in [1.82, 2.24) is 0 Å². The summed E-state index contributed by atoms with van der Waals surface area (Å²) in [6, 6.07) is 0. The molecule has 0 N–H and O–H groups in total. The highest BCUT2D eigenvalue weighted by molar-refractivity contribution is 8.17. The minimum atomic E-state index is 0.442. The number of rotatable bonds is 2. The van der Waals surface area contributed by atoms with Crippen molar-refractivity contribution in [2.24, 2.45) is 0 Å². The zero-order valence-corrected chi connectivity index (χ0v) is 6.17. The number of hydrogen-bond donors (Lipinski definition) is 0. The fourth-order valence-corrected chi connectivity index (χ4v) is 1.64. The molecular formula is C5H9ClOS. The zero-order chi connectivity index (χ0) is 5.82. The van der Waals surface area contributed by atoms with E-state index in [1.54, 1.807) is 0 Å². The Balaban J connectivity index is 2.06. The summed E-state index contributed by atoms with van der Waals surface area (Å²) < 4.78 is 5.08. The van der Waals surface area contributed by atoms with E-state index in [0.29, 0.717) is 6.10 Å². The first-order valence-electron chi connectivity index (χ1n) is 2.87. The molecule has 1 saturated carbocycles. The van der Waals surface area contributed by atoms with Crippen molar-refractivity contribution in [1.29, 1.82) is 0 Å². The predicted octanol–water partition coefficient (Wildman–Crippen LogP) is 2.75. The van der Waals surface area contributed by atoms with Crippen LogP contribution in [-0.4, -0.2) is 6.10 Å². The Labute approximate surface area is 58.4 Å². The van der Waals surface area contributed by atoms with Crippen molar-refractivity contribution in [2.45, 2.75) is 31.8 Å².